The third-order valence-corrected chi connectivity index (χ3v) is 4.69. The molecule has 100 valence electrons. The summed E-state index contributed by atoms with van der Waals surface area (Å²) in [6, 6.07) is 5.27. The van der Waals surface area contributed by atoms with E-state index >= 15 is 0 Å². The molecule has 0 aliphatic carbocycles. The van der Waals surface area contributed by atoms with E-state index in [1.165, 1.54) is 0 Å². The molecule has 1 amide bonds. The third-order valence-electron chi connectivity index (χ3n) is 2.92. The molecule has 0 aliphatic rings. The van der Waals surface area contributed by atoms with Crippen molar-refractivity contribution in [2.75, 3.05) is 12.8 Å². The van der Waals surface area contributed by atoms with Crippen molar-refractivity contribution in [1.82, 2.24) is 5.32 Å². The summed E-state index contributed by atoms with van der Waals surface area (Å²) in [6.07, 6.45) is 2.38. The van der Waals surface area contributed by atoms with Crippen LogP contribution in [-0.2, 0) is 10.8 Å². The molecule has 0 radical (unpaired) electrons. The van der Waals surface area contributed by atoms with Gasteiger partial charge in [-0.2, -0.15) is 0 Å². The van der Waals surface area contributed by atoms with Crippen LogP contribution in [0.25, 0.3) is 0 Å². The van der Waals surface area contributed by atoms with Crippen molar-refractivity contribution >= 4 is 28.3 Å². The molecule has 1 aromatic rings. The van der Waals surface area contributed by atoms with Crippen LogP contribution in [0.1, 0.15) is 29.3 Å². The monoisotopic (exact) mass is 287 g/mol. The lowest BCUT2D eigenvalue weighted by molar-refractivity contribution is 0.0952. The van der Waals surface area contributed by atoms with Crippen LogP contribution in [0.3, 0.4) is 0 Å². The smallest absolute Gasteiger partial charge is 0.251 e. The molecule has 0 saturated carbocycles. The van der Waals surface area contributed by atoms with Gasteiger partial charge in [-0.15, -0.1) is 0 Å². The Bertz CT molecular complexity index is 462. The predicted molar refractivity (Wildman–Crippen MR) is 76.7 cm³/mol. The first kappa shape index (κ1) is 15.2. The highest BCUT2D eigenvalue weighted by atomic mass is 35.5. The minimum Gasteiger partial charge on any atom is -0.352 e. The van der Waals surface area contributed by atoms with Gasteiger partial charge in [0.15, 0.2) is 0 Å². The molecule has 0 saturated heterocycles. The molecule has 0 heterocycles. The Hall–Kier alpha value is -0.870. The highest BCUT2D eigenvalue weighted by Crippen LogP contribution is 2.18. The van der Waals surface area contributed by atoms with E-state index in [1.54, 1.807) is 24.5 Å². The summed E-state index contributed by atoms with van der Waals surface area (Å²) in [5.41, 5.74) is 1.37. The van der Waals surface area contributed by atoms with Gasteiger partial charge in [0, 0.05) is 39.4 Å². The van der Waals surface area contributed by atoms with Gasteiger partial charge in [0.25, 0.3) is 5.91 Å². The summed E-state index contributed by atoms with van der Waals surface area (Å²) in [6.45, 7) is 4.25. The van der Waals surface area contributed by atoms with Gasteiger partial charge < -0.3 is 5.32 Å². The van der Waals surface area contributed by atoms with Gasteiger partial charge in [0.1, 0.15) is 0 Å². The molecular formula is C13H18ClNO2S. The molecule has 0 aliphatic heterocycles. The van der Waals surface area contributed by atoms with Crippen molar-refractivity contribution in [3.63, 3.8) is 0 Å². The Balaban J connectivity index is 2.56. The Kier molecular flexibility index (Phi) is 5.82. The number of amides is 1. The Labute approximate surface area is 115 Å². The number of carbonyl (C=O) groups excluding carboxylic acids is 1. The Morgan fingerprint density at radius 2 is 2.17 bits per heavy atom. The van der Waals surface area contributed by atoms with E-state index in [-0.39, 0.29) is 11.2 Å². The summed E-state index contributed by atoms with van der Waals surface area (Å²) in [4.78, 5) is 11.9. The SMILES string of the molecule is Cc1c(Cl)cccc1C(=O)NCC[C@@H](C)[S@](C)=O. The third kappa shape index (κ3) is 4.10. The van der Waals surface area contributed by atoms with Gasteiger partial charge in [-0.1, -0.05) is 24.6 Å². The van der Waals surface area contributed by atoms with Crippen LogP contribution in [-0.4, -0.2) is 28.2 Å². The first-order valence-corrected chi connectivity index (χ1v) is 7.79. The zero-order valence-corrected chi connectivity index (χ0v) is 12.4. The zero-order chi connectivity index (χ0) is 13.7. The maximum absolute atomic E-state index is 11.9. The lowest BCUT2D eigenvalue weighted by Crippen LogP contribution is -2.28. The first-order chi connectivity index (χ1) is 8.43. The van der Waals surface area contributed by atoms with E-state index in [4.69, 9.17) is 11.6 Å². The fourth-order valence-corrected chi connectivity index (χ4v) is 2.13. The normalized spacial score (nSPS) is 14.0. The van der Waals surface area contributed by atoms with Gasteiger partial charge in [-0.25, -0.2) is 0 Å². The second-order valence-corrected chi connectivity index (χ2v) is 6.48. The van der Waals surface area contributed by atoms with Gasteiger partial charge in [-0.05, 0) is 31.0 Å². The maximum atomic E-state index is 11.9. The molecule has 0 bridgehead atoms. The van der Waals surface area contributed by atoms with Crippen molar-refractivity contribution in [3.05, 3.63) is 34.3 Å². The summed E-state index contributed by atoms with van der Waals surface area (Å²) in [7, 11) is -0.850. The topological polar surface area (TPSA) is 46.2 Å². The van der Waals surface area contributed by atoms with E-state index in [2.05, 4.69) is 5.32 Å². The fourth-order valence-electron chi connectivity index (χ4n) is 1.50. The first-order valence-electron chi connectivity index (χ1n) is 5.79. The number of benzene rings is 1. The average molecular weight is 288 g/mol. The number of nitrogens with one attached hydrogen (secondary N) is 1. The van der Waals surface area contributed by atoms with E-state index in [1.807, 2.05) is 13.8 Å². The van der Waals surface area contributed by atoms with Crippen molar-refractivity contribution in [3.8, 4) is 0 Å². The molecular weight excluding hydrogens is 270 g/mol. The zero-order valence-electron chi connectivity index (χ0n) is 10.8. The summed E-state index contributed by atoms with van der Waals surface area (Å²) in [5.74, 6) is -0.135. The molecule has 0 aromatic heterocycles. The van der Waals surface area contributed by atoms with E-state index in [9.17, 15) is 9.00 Å². The summed E-state index contributed by atoms with van der Waals surface area (Å²) in [5, 5.41) is 3.50. The summed E-state index contributed by atoms with van der Waals surface area (Å²) >= 11 is 5.96. The number of hydrogen-bond acceptors (Lipinski definition) is 2. The number of carbonyl (C=O) groups is 1. The maximum Gasteiger partial charge on any atom is 0.251 e. The van der Waals surface area contributed by atoms with Crippen molar-refractivity contribution in [2.45, 2.75) is 25.5 Å². The van der Waals surface area contributed by atoms with Crippen LogP contribution in [0.2, 0.25) is 5.02 Å². The summed E-state index contributed by atoms with van der Waals surface area (Å²) < 4.78 is 11.2. The molecule has 3 nitrogen and oxygen atoms in total. The Morgan fingerprint density at radius 1 is 1.50 bits per heavy atom. The van der Waals surface area contributed by atoms with Crippen LogP contribution < -0.4 is 5.32 Å². The van der Waals surface area contributed by atoms with E-state index in [0.29, 0.717) is 23.6 Å². The molecule has 1 rings (SSSR count). The van der Waals surface area contributed by atoms with Gasteiger partial charge in [0.2, 0.25) is 0 Å². The molecule has 0 fully saturated rings. The molecule has 5 heteroatoms. The van der Waals surface area contributed by atoms with Crippen LogP contribution in [0.5, 0.6) is 0 Å². The van der Waals surface area contributed by atoms with Crippen molar-refractivity contribution in [1.29, 1.82) is 0 Å². The van der Waals surface area contributed by atoms with Crippen LogP contribution in [0, 0.1) is 6.92 Å². The number of halogens is 1. The minimum atomic E-state index is -0.850. The lowest BCUT2D eigenvalue weighted by atomic mass is 10.1. The molecule has 18 heavy (non-hydrogen) atoms. The second kappa shape index (κ2) is 6.90. The highest BCUT2D eigenvalue weighted by Gasteiger charge is 2.11. The Morgan fingerprint density at radius 3 is 2.78 bits per heavy atom. The lowest BCUT2D eigenvalue weighted by Gasteiger charge is -2.11. The van der Waals surface area contributed by atoms with E-state index < -0.39 is 10.8 Å². The molecule has 0 unspecified atom stereocenters. The molecule has 0 spiro atoms. The van der Waals surface area contributed by atoms with Crippen molar-refractivity contribution in [2.24, 2.45) is 0 Å². The van der Waals surface area contributed by atoms with E-state index in [0.717, 1.165) is 5.56 Å². The van der Waals surface area contributed by atoms with Crippen molar-refractivity contribution < 1.29 is 9.00 Å². The number of hydrogen-bond donors (Lipinski definition) is 1. The van der Waals surface area contributed by atoms with Crippen LogP contribution in [0.15, 0.2) is 18.2 Å². The average Bonchev–Trinajstić information content (AvgIpc) is 2.32. The predicted octanol–water partition coefficient (Wildman–Crippen LogP) is 2.54. The van der Waals surface area contributed by atoms with Gasteiger partial charge in [0.05, 0.1) is 0 Å². The van der Waals surface area contributed by atoms with Crippen LogP contribution >= 0.6 is 11.6 Å². The largest absolute Gasteiger partial charge is 0.352 e. The number of rotatable bonds is 5. The standard InChI is InChI=1S/C13H18ClNO2S/c1-9(18(3)17)7-8-15-13(16)11-5-4-6-12(14)10(11)2/h4-6,9H,7-8H2,1-3H3,(H,15,16)/t9-,18+/m1/s1. The fraction of sp³-hybridized carbons (Fsp3) is 0.462. The molecule has 1 aromatic carbocycles. The van der Waals surface area contributed by atoms with Gasteiger partial charge in [-0.3, -0.25) is 9.00 Å². The molecule has 1 N–H and O–H groups in total. The highest BCUT2D eigenvalue weighted by molar-refractivity contribution is 7.84. The van der Waals surface area contributed by atoms with Gasteiger partial charge >= 0.3 is 0 Å². The van der Waals surface area contributed by atoms with Crippen LogP contribution in [0.4, 0.5) is 0 Å². The minimum absolute atomic E-state index is 0.0887. The molecule has 2 atom stereocenters. The second-order valence-electron chi connectivity index (χ2n) is 4.27. The quantitative estimate of drug-likeness (QED) is 0.904.